The molecule has 0 unspecified atom stereocenters. The normalized spacial score (nSPS) is 16.7. The second kappa shape index (κ2) is 12.9. The van der Waals surface area contributed by atoms with Gasteiger partial charge in [-0.05, 0) is 35.7 Å². The summed E-state index contributed by atoms with van der Waals surface area (Å²) in [5.41, 5.74) is 2.18. The predicted octanol–water partition coefficient (Wildman–Crippen LogP) is 3.38. The smallest absolute Gasteiger partial charge is 0.319 e. The van der Waals surface area contributed by atoms with Crippen LogP contribution < -0.4 is 24.8 Å². The molecule has 0 bridgehead atoms. The number of methoxy groups -OCH3 is 4. The Morgan fingerprint density at radius 1 is 1.08 bits per heavy atom. The monoisotopic (exact) mass is 539 g/mol. The number of ether oxygens (including phenoxy) is 4. The summed E-state index contributed by atoms with van der Waals surface area (Å²) in [4.78, 5) is 38.6. The van der Waals surface area contributed by atoms with Crippen molar-refractivity contribution in [2.45, 2.75) is 19.3 Å². The van der Waals surface area contributed by atoms with Crippen LogP contribution in [0.5, 0.6) is 17.2 Å². The van der Waals surface area contributed by atoms with Gasteiger partial charge >= 0.3 is 5.97 Å². The van der Waals surface area contributed by atoms with Crippen LogP contribution in [0.25, 0.3) is 0 Å². The van der Waals surface area contributed by atoms with Crippen molar-refractivity contribution in [3.8, 4) is 23.3 Å². The Labute approximate surface area is 225 Å². The average molecular weight is 540 g/mol. The first kappa shape index (κ1) is 28.4. The third-order valence-electron chi connectivity index (χ3n) is 6.05. The van der Waals surface area contributed by atoms with Gasteiger partial charge in [-0.3, -0.25) is 14.4 Å². The Morgan fingerprint density at radius 3 is 2.29 bits per heavy atom. The minimum absolute atomic E-state index is 0.0797. The Balaban J connectivity index is 2.02. The molecule has 2 aromatic rings. The Morgan fingerprint density at radius 2 is 1.74 bits per heavy atom. The summed E-state index contributed by atoms with van der Waals surface area (Å²) in [5.74, 6) is -3.35. The Hall–Kier alpha value is -4.17. The molecule has 1 aliphatic heterocycles. The molecular formula is C27H29N3O7S. The maximum Gasteiger partial charge on any atom is 0.319 e. The van der Waals surface area contributed by atoms with Crippen molar-refractivity contribution in [3.05, 3.63) is 58.1 Å². The van der Waals surface area contributed by atoms with Crippen LogP contribution in [0.4, 0.5) is 5.69 Å². The van der Waals surface area contributed by atoms with E-state index in [0.717, 1.165) is 23.7 Å². The minimum atomic E-state index is -1.35. The van der Waals surface area contributed by atoms with Crippen LogP contribution in [-0.4, -0.2) is 52.0 Å². The number of esters is 1. The lowest BCUT2D eigenvalue weighted by molar-refractivity contribution is -0.150. The average Bonchev–Trinajstić information content (AvgIpc) is 2.94. The summed E-state index contributed by atoms with van der Waals surface area (Å²) in [6.45, 7) is 1.99. The number of hydrogen-bond donors (Lipinski definition) is 2. The van der Waals surface area contributed by atoms with Gasteiger partial charge in [0, 0.05) is 11.6 Å². The van der Waals surface area contributed by atoms with Crippen molar-refractivity contribution in [2.24, 2.45) is 5.92 Å². The lowest BCUT2D eigenvalue weighted by atomic mass is 9.78. The highest BCUT2D eigenvalue weighted by Crippen LogP contribution is 2.46. The van der Waals surface area contributed by atoms with E-state index in [0.29, 0.717) is 17.0 Å². The van der Waals surface area contributed by atoms with Gasteiger partial charge in [-0.1, -0.05) is 36.9 Å². The number of anilines is 1. The first-order chi connectivity index (χ1) is 18.3. The summed E-state index contributed by atoms with van der Waals surface area (Å²) in [6, 6.07) is 12.7. The molecule has 1 heterocycles. The van der Waals surface area contributed by atoms with Crippen molar-refractivity contribution >= 4 is 35.2 Å². The van der Waals surface area contributed by atoms with E-state index in [1.807, 2.05) is 31.2 Å². The molecule has 11 heteroatoms. The van der Waals surface area contributed by atoms with E-state index in [-0.39, 0.29) is 33.8 Å². The van der Waals surface area contributed by atoms with E-state index >= 15 is 0 Å². The number of rotatable bonds is 10. The third-order valence-corrected chi connectivity index (χ3v) is 7.07. The molecule has 2 atom stereocenters. The van der Waals surface area contributed by atoms with Crippen LogP contribution in [-0.2, 0) is 25.5 Å². The number of nitrogens with one attached hydrogen (secondary N) is 2. The molecule has 0 spiro atoms. The molecule has 38 heavy (non-hydrogen) atoms. The van der Waals surface area contributed by atoms with E-state index in [4.69, 9.17) is 18.9 Å². The Kier molecular flexibility index (Phi) is 9.62. The molecule has 0 aliphatic carbocycles. The standard InChI is InChI=1S/C27H29N3O7S/c1-6-15-9-7-8-10-18(15)29-21(31)14-38-26-17(13-28)22(23(25(32)30-26)27(33)37-5)16-11-19(34-2)24(36-4)20(12-16)35-3/h7-12,22-23H,6,14H2,1-5H3,(H,29,31)(H,30,32)/t22-,23+/m1/s1. The highest BCUT2D eigenvalue weighted by atomic mass is 32.2. The Bertz CT molecular complexity index is 1280. The zero-order chi connectivity index (χ0) is 27.8. The number of aryl methyl sites for hydroxylation is 1. The summed E-state index contributed by atoms with van der Waals surface area (Å²) in [7, 11) is 5.49. The molecule has 1 aliphatic rings. The van der Waals surface area contributed by atoms with E-state index < -0.39 is 23.7 Å². The van der Waals surface area contributed by atoms with E-state index in [9.17, 15) is 19.6 Å². The number of amides is 2. The van der Waals surface area contributed by atoms with Gasteiger partial charge in [0.2, 0.25) is 17.6 Å². The van der Waals surface area contributed by atoms with Gasteiger partial charge in [0.1, 0.15) is 5.92 Å². The van der Waals surface area contributed by atoms with E-state index in [1.165, 1.54) is 28.4 Å². The number of carbonyl (C=O) groups is 3. The minimum Gasteiger partial charge on any atom is -0.493 e. The first-order valence-corrected chi connectivity index (χ1v) is 12.6. The molecule has 10 nitrogen and oxygen atoms in total. The zero-order valence-corrected chi connectivity index (χ0v) is 22.6. The van der Waals surface area contributed by atoms with Crippen molar-refractivity contribution < 1.29 is 33.3 Å². The van der Waals surface area contributed by atoms with Crippen molar-refractivity contribution in [1.82, 2.24) is 5.32 Å². The van der Waals surface area contributed by atoms with Crippen LogP contribution in [0.3, 0.4) is 0 Å². The molecule has 3 rings (SSSR count). The number of thioether (sulfide) groups is 1. The molecule has 0 saturated heterocycles. The molecule has 2 N–H and O–H groups in total. The van der Waals surface area contributed by atoms with Crippen LogP contribution in [0.15, 0.2) is 47.0 Å². The maximum absolute atomic E-state index is 13.1. The molecule has 2 aromatic carbocycles. The second-order valence-corrected chi connectivity index (χ2v) is 9.11. The van der Waals surface area contributed by atoms with Gasteiger partial charge in [-0.25, -0.2) is 0 Å². The lowest BCUT2D eigenvalue weighted by Gasteiger charge is -2.31. The number of nitrogens with zero attached hydrogens (tertiary/aromatic N) is 1. The fourth-order valence-electron chi connectivity index (χ4n) is 4.24. The topological polar surface area (TPSA) is 136 Å². The number of carbonyl (C=O) groups excluding carboxylic acids is 3. The maximum atomic E-state index is 13.1. The second-order valence-electron chi connectivity index (χ2n) is 8.13. The van der Waals surface area contributed by atoms with Crippen molar-refractivity contribution in [2.75, 3.05) is 39.5 Å². The fourth-order valence-corrected chi connectivity index (χ4v) is 5.08. The van der Waals surface area contributed by atoms with Gasteiger partial charge in [-0.2, -0.15) is 5.26 Å². The lowest BCUT2D eigenvalue weighted by Crippen LogP contribution is -2.44. The number of nitriles is 1. The highest BCUT2D eigenvalue weighted by molar-refractivity contribution is 8.03. The molecule has 0 aromatic heterocycles. The van der Waals surface area contributed by atoms with Gasteiger partial charge in [0.05, 0.1) is 50.9 Å². The van der Waals surface area contributed by atoms with Crippen LogP contribution in [0.1, 0.15) is 24.0 Å². The van der Waals surface area contributed by atoms with E-state index in [2.05, 4.69) is 16.7 Å². The zero-order valence-electron chi connectivity index (χ0n) is 21.7. The summed E-state index contributed by atoms with van der Waals surface area (Å²) in [5, 5.41) is 15.8. The molecule has 0 saturated carbocycles. The first-order valence-electron chi connectivity index (χ1n) is 11.7. The summed E-state index contributed by atoms with van der Waals surface area (Å²) < 4.78 is 21.1. The van der Waals surface area contributed by atoms with E-state index in [1.54, 1.807) is 12.1 Å². The van der Waals surface area contributed by atoms with Crippen LogP contribution >= 0.6 is 11.8 Å². The number of allylic oxidation sites excluding steroid dienone is 1. The molecule has 0 fully saturated rings. The fraction of sp³-hybridized carbons (Fsp3) is 0.333. The van der Waals surface area contributed by atoms with Gasteiger partial charge in [-0.15, -0.1) is 0 Å². The molecule has 200 valence electrons. The predicted molar refractivity (Wildman–Crippen MR) is 142 cm³/mol. The molecule has 0 radical (unpaired) electrons. The van der Waals surface area contributed by atoms with Crippen molar-refractivity contribution in [1.29, 1.82) is 5.26 Å². The SMILES string of the molecule is CCc1ccccc1NC(=O)CSC1=C(C#N)[C@@H](c2cc(OC)c(OC)c(OC)c2)[C@H](C(=O)OC)C(=O)N1. The molecule has 2 amide bonds. The molecular weight excluding hydrogens is 510 g/mol. The summed E-state index contributed by atoms with van der Waals surface area (Å²) >= 11 is 0.996. The van der Waals surface area contributed by atoms with Gasteiger partial charge in [0.15, 0.2) is 11.5 Å². The number of benzene rings is 2. The largest absolute Gasteiger partial charge is 0.493 e. The van der Waals surface area contributed by atoms with Crippen LogP contribution in [0, 0.1) is 17.2 Å². The third kappa shape index (κ3) is 5.86. The number of para-hydroxylation sites is 1. The van der Waals surface area contributed by atoms with Gasteiger partial charge in [0.25, 0.3) is 0 Å². The van der Waals surface area contributed by atoms with Crippen molar-refractivity contribution in [3.63, 3.8) is 0 Å². The highest BCUT2D eigenvalue weighted by Gasteiger charge is 2.45. The van der Waals surface area contributed by atoms with Gasteiger partial charge < -0.3 is 29.6 Å². The quantitative estimate of drug-likeness (QED) is 0.344. The number of hydrogen-bond acceptors (Lipinski definition) is 9. The van der Waals surface area contributed by atoms with Crippen LogP contribution in [0.2, 0.25) is 0 Å². The summed E-state index contributed by atoms with van der Waals surface area (Å²) in [6.07, 6.45) is 0.745.